The Morgan fingerprint density at radius 3 is 2.89 bits per heavy atom. The third-order valence-electron chi connectivity index (χ3n) is 3.61. The molecule has 18 heavy (non-hydrogen) atoms. The van der Waals surface area contributed by atoms with Gasteiger partial charge >= 0.3 is 0 Å². The standard InChI is InChI=1S/C14H21BrN2O/c1-11(13-3-4-13)17(5-6-18-2)10-12-7-14(15)9-16-8-12/h7-9,11,13H,3-6,10H2,1-2H3. The van der Waals surface area contributed by atoms with Gasteiger partial charge in [0.15, 0.2) is 0 Å². The summed E-state index contributed by atoms with van der Waals surface area (Å²) in [6.45, 7) is 5.06. The molecule has 0 aliphatic heterocycles. The van der Waals surface area contributed by atoms with E-state index < -0.39 is 0 Å². The zero-order valence-electron chi connectivity index (χ0n) is 11.1. The molecular formula is C14H21BrN2O. The van der Waals surface area contributed by atoms with Crippen molar-refractivity contribution in [2.24, 2.45) is 5.92 Å². The number of rotatable bonds is 7. The molecule has 1 unspecified atom stereocenters. The summed E-state index contributed by atoms with van der Waals surface area (Å²) in [6, 6.07) is 2.78. The zero-order valence-corrected chi connectivity index (χ0v) is 12.7. The molecule has 3 nitrogen and oxygen atoms in total. The topological polar surface area (TPSA) is 25.4 Å². The van der Waals surface area contributed by atoms with Crippen LogP contribution in [0.4, 0.5) is 0 Å². The van der Waals surface area contributed by atoms with Gasteiger partial charge in [0.25, 0.3) is 0 Å². The van der Waals surface area contributed by atoms with Gasteiger partial charge in [-0.25, -0.2) is 0 Å². The number of hydrogen-bond donors (Lipinski definition) is 0. The summed E-state index contributed by atoms with van der Waals surface area (Å²) >= 11 is 3.48. The Hall–Kier alpha value is -0.450. The number of ether oxygens (including phenoxy) is 1. The number of methoxy groups -OCH3 is 1. The molecule has 1 aromatic rings. The van der Waals surface area contributed by atoms with Gasteiger partial charge in [0, 0.05) is 43.1 Å². The van der Waals surface area contributed by atoms with Crippen LogP contribution < -0.4 is 0 Å². The fourth-order valence-electron chi connectivity index (χ4n) is 2.29. The van der Waals surface area contributed by atoms with E-state index in [9.17, 15) is 0 Å². The molecule has 100 valence electrons. The quantitative estimate of drug-likeness (QED) is 0.773. The number of hydrogen-bond acceptors (Lipinski definition) is 3. The van der Waals surface area contributed by atoms with Gasteiger partial charge in [-0.3, -0.25) is 9.88 Å². The van der Waals surface area contributed by atoms with Gasteiger partial charge in [0.05, 0.1) is 6.61 Å². The molecule has 1 fully saturated rings. The van der Waals surface area contributed by atoms with Crippen LogP contribution in [0.25, 0.3) is 0 Å². The van der Waals surface area contributed by atoms with E-state index >= 15 is 0 Å². The molecular weight excluding hydrogens is 292 g/mol. The summed E-state index contributed by atoms with van der Waals surface area (Å²) < 4.78 is 6.26. The van der Waals surface area contributed by atoms with E-state index in [1.807, 2.05) is 12.4 Å². The van der Waals surface area contributed by atoms with Crippen molar-refractivity contribution >= 4 is 15.9 Å². The number of halogens is 1. The smallest absolute Gasteiger partial charge is 0.0589 e. The van der Waals surface area contributed by atoms with Crippen LogP contribution >= 0.6 is 15.9 Å². The summed E-state index contributed by atoms with van der Waals surface area (Å²) in [6.07, 6.45) is 6.53. The predicted octanol–water partition coefficient (Wildman–Crippen LogP) is 3.09. The second-order valence-electron chi connectivity index (χ2n) is 5.05. The molecule has 1 aliphatic rings. The van der Waals surface area contributed by atoms with Crippen molar-refractivity contribution in [1.82, 2.24) is 9.88 Å². The Kier molecular flexibility index (Phi) is 5.15. The van der Waals surface area contributed by atoms with E-state index in [0.29, 0.717) is 6.04 Å². The maximum atomic E-state index is 5.22. The van der Waals surface area contributed by atoms with Crippen molar-refractivity contribution in [1.29, 1.82) is 0 Å². The first-order valence-electron chi connectivity index (χ1n) is 6.53. The number of nitrogens with zero attached hydrogens (tertiary/aromatic N) is 2. The van der Waals surface area contributed by atoms with Gasteiger partial charge in [-0.1, -0.05) is 0 Å². The highest BCUT2D eigenvalue weighted by Crippen LogP contribution is 2.35. The molecule has 0 amide bonds. The SMILES string of the molecule is COCCN(Cc1cncc(Br)c1)C(C)C1CC1. The lowest BCUT2D eigenvalue weighted by Gasteiger charge is -2.29. The molecule has 0 spiro atoms. The van der Waals surface area contributed by atoms with E-state index in [0.717, 1.165) is 30.1 Å². The fraction of sp³-hybridized carbons (Fsp3) is 0.643. The molecule has 4 heteroatoms. The molecule has 0 aromatic carbocycles. The number of pyridine rings is 1. The Bertz CT molecular complexity index is 382. The molecule has 0 N–H and O–H groups in total. The van der Waals surface area contributed by atoms with E-state index in [4.69, 9.17) is 4.74 Å². The van der Waals surface area contributed by atoms with Gasteiger partial charge in [-0.2, -0.15) is 0 Å². The molecule has 1 saturated carbocycles. The second kappa shape index (κ2) is 6.64. The van der Waals surface area contributed by atoms with E-state index in [-0.39, 0.29) is 0 Å². The van der Waals surface area contributed by atoms with Crippen LogP contribution in [0, 0.1) is 5.92 Å². The minimum Gasteiger partial charge on any atom is -0.383 e. The average molecular weight is 313 g/mol. The van der Waals surface area contributed by atoms with Crippen LogP contribution in [-0.2, 0) is 11.3 Å². The first kappa shape index (κ1) is 14.0. The van der Waals surface area contributed by atoms with E-state index in [2.05, 4.69) is 38.8 Å². The second-order valence-corrected chi connectivity index (χ2v) is 5.97. The molecule has 0 radical (unpaired) electrons. The van der Waals surface area contributed by atoms with Gasteiger partial charge in [-0.15, -0.1) is 0 Å². The molecule has 1 aromatic heterocycles. The third kappa shape index (κ3) is 4.04. The lowest BCUT2D eigenvalue weighted by molar-refractivity contribution is 0.111. The van der Waals surface area contributed by atoms with E-state index in [1.54, 1.807) is 7.11 Å². The van der Waals surface area contributed by atoms with Crippen LogP contribution in [-0.4, -0.2) is 36.2 Å². The first-order chi connectivity index (χ1) is 8.70. The van der Waals surface area contributed by atoms with Crippen LogP contribution in [0.1, 0.15) is 25.3 Å². The summed E-state index contributed by atoms with van der Waals surface area (Å²) in [4.78, 5) is 6.74. The number of aromatic nitrogens is 1. The molecule has 1 atom stereocenters. The van der Waals surface area contributed by atoms with Crippen LogP contribution in [0.3, 0.4) is 0 Å². The Morgan fingerprint density at radius 2 is 2.28 bits per heavy atom. The van der Waals surface area contributed by atoms with Gasteiger partial charge < -0.3 is 4.74 Å². The highest BCUT2D eigenvalue weighted by atomic mass is 79.9. The average Bonchev–Trinajstić information content (AvgIpc) is 3.18. The van der Waals surface area contributed by atoms with Gasteiger partial charge in [0.1, 0.15) is 0 Å². The maximum Gasteiger partial charge on any atom is 0.0589 e. The van der Waals surface area contributed by atoms with Crippen molar-refractivity contribution in [3.05, 3.63) is 28.5 Å². The van der Waals surface area contributed by atoms with Crippen molar-refractivity contribution in [3.63, 3.8) is 0 Å². The Morgan fingerprint density at radius 1 is 1.50 bits per heavy atom. The minimum atomic E-state index is 0.638. The molecule has 0 saturated heterocycles. The highest BCUT2D eigenvalue weighted by Gasteiger charge is 2.31. The Labute approximate surface area is 118 Å². The van der Waals surface area contributed by atoms with Crippen molar-refractivity contribution < 1.29 is 4.74 Å². The highest BCUT2D eigenvalue weighted by molar-refractivity contribution is 9.10. The van der Waals surface area contributed by atoms with E-state index in [1.165, 1.54) is 18.4 Å². The zero-order chi connectivity index (χ0) is 13.0. The largest absolute Gasteiger partial charge is 0.383 e. The molecule has 0 bridgehead atoms. The predicted molar refractivity (Wildman–Crippen MR) is 76.4 cm³/mol. The summed E-state index contributed by atoms with van der Waals surface area (Å²) in [5.41, 5.74) is 1.26. The molecule has 2 rings (SSSR count). The van der Waals surface area contributed by atoms with Crippen molar-refractivity contribution in [3.8, 4) is 0 Å². The first-order valence-corrected chi connectivity index (χ1v) is 7.32. The summed E-state index contributed by atoms with van der Waals surface area (Å²) in [5.74, 6) is 0.877. The van der Waals surface area contributed by atoms with Crippen molar-refractivity contribution in [2.45, 2.75) is 32.4 Å². The van der Waals surface area contributed by atoms with Crippen LogP contribution in [0.15, 0.2) is 22.9 Å². The maximum absolute atomic E-state index is 5.22. The third-order valence-corrected chi connectivity index (χ3v) is 4.04. The summed E-state index contributed by atoms with van der Waals surface area (Å²) in [7, 11) is 1.76. The van der Waals surface area contributed by atoms with Crippen molar-refractivity contribution in [2.75, 3.05) is 20.3 Å². The lowest BCUT2D eigenvalue weighted by Crippen LogP contribution is -2.36. The molecule has 1 aliphatic carbocycles. The normalized spacial score (nSPS) is 17.1. The van der Waals surface area contributed by atoms with Crippen LogP contribution in [0.5, 0.6) is 0 Å². The Balaban J connectivity index is 1.99. The minimum absolute atomic E-state index is 0.638. The van der Waals surface area contributed by atoms with Gasteiger partial charge in [0.2, 0.25) is 0 Å². The van der Waals surface area contributed by atoms with Crippen LogP contribution in [0.2, 0.25) is 0 Å². The lowest BCUT2D eigenvalue weighted by atomic mass is 10.1. The molecule has 1 heterocycles. The summed E-state index contributed by atoms with van der Waals surface area (Å²) in [5, 5.41) is 0. The monoisotopic (exact) mass is 312 g/mol. The fourth-order valence-corrected chi connectivity index (χ4v) is 2.70. The van der Waals surface area contributed by atoms with Gasteiger partial charge in [-0.05, 0) is 53.2 Å².